The Bertz CT molecular complexity index is 1150. The molecule has 5 rings (SSSR count). The smallest absolute Gasteiger partial charge is 0.253 e. The summed E-state index contributed by atoms with van der Waals surface area (Å²) in [6.45, 7) is 6.59. The van der Waals surface area contributed by atoms with Crippen molar-refractivity contribution in [3.63, 3.8) is 0 Å². The van der Waals surface area contributed by atoms with E-state index >= 15 is 0 Å². The molecule has 5 nitrogen and oxygen atoms in total. The van der Waals surface area contributed by atoms with Crippen molar-refractivity contribution >= 4 is 17.5 Å². The van der Waals surface area contributed by atoms with E-state index in [1.807, 2.05) is 46.2 Å². The molecule has 0 aromatic heterocycles. The first kappa shape index (κ1) is 21.4. The summed E-state index contributed by atoms with van der Waals surface area (Å²) in [5.41, 5.74) is 6.48. The molecular weight excluding hydrogens is 410 g/mol. The second-order valence-corrected chi connectivity index (χ2v) is 8.90. The number of hydrogen-bond donors (Lipinski definition) is 0. The molecule has 2 amide bonds. The number of hydrogen-bond acceptors (Lipinski definition) is 3. The van der Waals surface area contributed by atoms with Gasteiger partial charge in [0.25, 0.3) is 5.91 Å². The van der Waals surface area contributed by atoms with Crippen molar-refractivity contribution in [1.82, 2.24) is 9.80 Å². The number of piperazine rings is 1. The van der Waals surface area contributed by atoms with Crippen LogP contribution in [0.15, 0.2) is 72.8 Å². The lowest BCUT2D eigenvalue weighted by atomic mass is 10.00. The van der Waals surface area contributed by atoms with E-state index in [0.29, 0.717) is 0 Å². The minimum absolute atomic E-state index is 0.0882. The van der Waals surface area contributed by atoms with Crippen LogP contribution in [0.3, 0.4) is 0 Å². The summed E-state index contributed by atoms with van der Waals surface area (Å²) >= 11 is 0. The number of carbonyl (C=O) groups excluding carboxylic acids is 2. The van der Waals surface area contributed by atoms with Gasteiger partial charge >= 0.3 is 0 Å². The van der Waals surface area contributed by atoms with Gasteiger partial charge in [0.1, 0.15) is 0 Å². The zero-order valence-electron chi connectivity index (χ0n) is 19.0. The summed E-state index contributed by atoms with van der Waals surface area (Å²) < 4.78 is 0. The normalized spacial score (nSPS) is 16.0. The van der Waals surface area contributed by atoms with Crippen molar-refractivity contribution in [2.75, 3.05) is 37.6 Å². The number of fused-ring (bicyclic) bond motifs is 1. The van der Waals surface area contributed by atoms with Gasteiger partial charge in [-0.3, -0.25) is 14.5 Å². The van der Waals surface area contributed by atoms with Crippen LogP contribution < -0.4 is 4.90 Å². The number of carbonyl (C=O) groups is 2. The summed E-state index contributed by atoms with van der Waals surface area (Å²) in [4.78, 5) is 31.0. The van der Waals surface area contributed by atoms with E-state index in [-0.39, 0.29) is 11.8 Å². The van der Waals surface area contributed by atoms with Crippen molar-refractivity contribution in [1.29, 1.82) is 0 Å². The third-order valence-corrected chi connectivity index (χ3v) is 6.73. The minimum atomic E-state index is 0.0882. The number of rotatable bonds is 4. The Labute approximate surface area is 195 Å². The first-order chi connectivity index (χ1) is 16.1. The van der Waals surface area contributed by atoms with Crippen molar-refractivity contribution in [2.24, 2.45) is 0 Å². The fourth-order valence-corrected chi connectivity index (χ4v) is 4.85. The second-order valence-electron chi connectivity index (χ2n) is 8.90. The van der Waals surface area contributed by atoms with E-state index in [1.54, 1.807) is 6.92 Å². The van der Waals surface area contributed by atoms with Gasteiger partial charge in [0.15, 0.2) is 0 Å². The monoisotopic (exact) mass is 439 g/mol. The van der Waals surface area contributed by atoms with Crippen molar-refractivity contribution in [2.45, 2.75) is 19.9 Å². The van der Waals surface area contributed by atoms with Crippen LogP contribution in [0.4, 0.5) is 5.69 Å². The molecular formula is C28H29N3O2. The maximum absolute atomic E-state index is 13.0. The molecule has 2 aliphatic rings. The van der Waals surface area contributed by atoms with Gasteiger partial charge < -0.3 is 9.80 Å². The predicted octanol–water partition coefficient (Wildman–Crippen LogP) is 4.22. The van der Waals surface area contributed by atoms with Gasteiger partial charge in [-0.15, -0.1) is 0 Å². The Morgan fingerprint density at radius 1 is 0.788 bits per heavy atom. The number of anilines is 1. The maximum Gasteiger partial charge on any atom is 0.253 e. The maximum atomic E-state index is 13.0. The largest absolute Gasteiger partial charge is 0.336 e. The summed E-state index contributed by atoms with van der Waals surface area (Å²) in [5, 5.41) is 0. The summed E-state index contributed by atoms with van der Waals surface area (Å²) in [7, 11) is 0. The third-order valence-electron chi connectivity index (χ3n) is 6.73. The van der Waals surface area contributed by atoms with Crippen molar-refractivity contribution in [3.8, 4) is 11.1 Å². The molecule has 0 spiro atoms. The summed E-state index contributed by atoms with van der Waals surface area (Å²) in [6, 6.07) is 24.7. The van der Waals surface area contributed by atoms with Gasteiger partial charge in [-0.05, 0) is 52.9 Å². The highest BCUT2D eigenvalue weighted by molar-refractivity contribution is 5.95. The predicted molar refractivity (Wildman–Crippen MR) is 131 cm³/mol. The van der Waals surface area contributed by atoms with E-state index in [9.17, 15) is 9.59 Å². The van der Waals surface area contributed by atoms with Crippen LogP contribution in [0.2, 0.25) is 0 Å². The molecule has 0 N–H and O–H groups in total. The van der Waals surface area contributed by atoms with Crippen molar-refractivity contribution < 1.29 is 9.59 Å². The Morgan fingerprint density at radius 2 is 1.48 bits per heavy atom. The third kappa shape index (κ3) is 4.55. The van der Waals surface area contributed by atoms with Gasteiger partial charge in [0.05, 0.1) is 0 Å². The highest BCUT2D eigenvalue weighted by Crippen LogP contribution is 2.32. The minimum Gasteiger partial charge on any atom is -0.336 e. The molecule has 0 unspecified atom stereocenters. The molecule has 0 atom stereocenters. The molecule has 2 aliphatic heterocycles. The zero-order valence-corrected chi connectivity index (χ0v) is 19.0. The van der Waals surface area contributed by atoms with Gasteiger partial charge in [-0.2, -0.15) is 0 Å². The quantitative estimate of drug-likeness (QED) is 0.611. The van der Waals surface area contributed by atoms with Crippen LogP contribution in [0, 0.1) is 0 Å². The van der Waals surface area contributed by atoms with Crippen LogP contribution in [-0.4, -0.2) is 54.3 Å². The SMILES string of the molecule is CC(=O)N1CCc2cc(-c3ccc(C(=O)N4CCN(Cc5ccccc5)CC4)cc3)ccc21. The van der Waals surface area contributed by atoms with Gasteiger partial charge in [-0.25, -0.2) is 0 Å². The Hall–Kier alpha value is -3.44. The molecule has 0 saturated carbocycles. The Balaban J connectivity index is 1.21. The molecule has 2 heterocycles. The molecule has 168 valence electrons. The van der Waals surface area contributed by atoms with Crippen molar-refractivity contribution in [3.05, 3.63) is 89.5 Å². The van der Waals surface area contributed by atoms with Crippen LogP contribution >= 0.6 is 0 Å². The molecule has 1 saturated heterocycles. The van der Waals surface area contributed by atoms with E-state index < -0.39 is 0 Å². The first-order valence-electron chi connectivity index (χ1n) is 11.7. The molecule has 3 aromatic rings. The standard InChI is InChI=1S/C28H29N3O2/c1-21(32)31-14-13-26-19-25(11-12-27(26)31)23-7-9-24(10-8-23)28(33)30-17-15-29(16-18-30)20-22-5-3-2-4-6-22/h2-12,19H,13-18,20H2,1H3. The summed E-state index contributed by atoms with van der Waals surface area (Å²) in [6.07, 6.45) is 0.884. The fourth-order valence-electron chi connectivity index (χ4n) is 4.85. The topological polar surface area (TPSA) is 43.9 Å². The lowest BCUT2D eigenvalue weighted by Gasteiger charge is -2.34. The molecule has 0 bridgehead atoms. The van der Waals surface area contributed by atoms with Gasteiger partial charge in [0, 0.05) is 57.4 Å². The molecule has 33 heavy (non-hydrogen) atoms. The number of amides is 2. The zero-order chi connectivity index (χ0) is 22.8. The molecule has 0 aliphatic carbocycles. The summed E-state index contributed by atoms with van der Waals surface area (Å²) in [5.74, 6) is 0.192. The van der Waals surface area contributed by atoms with Crippen LogP contribution in [0.25, 0.3) is 11.1 Å². The number of benzene rings is 3. The molecule has 1 fully saturated rings. The fraction of sp³-hybridized carbons (Fsp3) is 0.286. The van der Waals surface area contributed by atoms with Crippen LogP contribution in [-0.2, 0) is 17.8 Å². The average molecular weight is 440 g/mol. The average Bonchev–Trinajstić information content (AvgIpc) is 3.29. The van der Waals surface area contributed by atoms with E-state index in [2.05, 4.69) is 41.3 Å². The Morgan fingerprint density at radius 3 is 2.18 bits per heavy atom. The Kier molecular flexibility index (Phi) is 5.97. The van der Waals surface area contributed by atoms with Crippen LogP contribution in [0.1, 0.15) is 28.4 Å². The second kappa shape index (κ2) is 9.20. The first-order valence-corrected chi connectivity index (χ1v) is 11.7. The van der Waals surface area contributed by atoms with E-state index in [4.69, 9.17) is 0 Å². The molecule has 3 aromatic carbocycles. The lowest BCUT2D eigenvalue weighted by Crippen LogP contribution is -2.48. The molecule has 0 radical (unpaired) electrons. The molecule has 5 heteroatoms. The van der Waals surface area contributed by atoms with Crippen LogP contribution in [0.5, 0.6) is 0 Å². The highest BCUT2D eigenvalue weighted by atomic mass is 16.2. The lowest BCUT2D eigenvalue weighted by molar-refractivity contribution is -0.116. The van der Waals surface area contributed by atoms with Gasteiger partial charge in [-0.1, -0.05) is 48.5 Å². The highest BCUT2D eigenvalue weighted by Gasteiger charge is 2.23. The number of nitrogens with zero attached hydrogens (tertiary/aromatic N) is 3. The van der Waals surface area contributed by atoms with Gasteiger partial charge in [0.2, 0.25) is 5.91 Å². The van der Waals surface area contributed by atoms with E-state index in [1.165, 1.54) is 11.1 Å². The van der Waals surface area contributed by atoms with E-state index in [0.717, 1.165) is 68.1 Å².